The van der Waals surface area contributed by atoms with Gasteiger partial charge in [-0.15, -0.1) is 5.10 Å². The second-order valence-corrected chi connectivity index (χ2v) is 6.44. The van der Waals surface area contributed by atoms with Gasteiger partial charge in [-0.2, -0.15) is 0 Å². The van der Waals surface area contributed by atoms with Gasteiger partial charge in [0.1, 0.15) is 4.88 Å². The fourth-order valence-electron chi connectivity index (χ4n) is 2.58. The molecule has 0 N–H and O–H groups in total. The van der Waals surface area contributed by atoms with Crippen LogP contribution >= 0.6 is 11.5 Å². The van der Waals surface area contributed by atoms with Crippen molar-refractivity contribution in [3.63, 3.8) is 0 Å². The molecule has 1 fully saturated rings. The van der Waals surface area contributed by atoms with Crippen LogP contribution in [0.2, 0.25) is 0 Å². The summed E-state index contributed by atoms with van der Waals surface area (Å²) in [6.07, 6.45) is 3.91. The van der Waals surface area contributed by atoms with Gasteiger partial charge in [0.2, 0.25) is 0 Å². The largest absolute Gasteiger partial charge is 0.334 e. The third-order valence-electron chi connectivity index (χ3n) is 3.84. The molecule has 6 heteroatoms. The number of likely N-dealkylation sites (tertiary alicyclic amines) is 1. The Hall–Kier alpha value is -1.01. The van der Waals surface area contributed by atoms with E-state index in [-0.39, 0.29) is 11.9 Å². The second-order valence-electron chi connectivity index (χ2n) is 5.68. The predicted molar refractivity (Wildman–Crippen MR) is 81.1 cm³/mol. The molecular weight excluding hydrogens is 272 g/mol. The number of aryl methyl sites for hydroxylation is 1. The Labute approximate surface area is 125 Å². The van der Waals surface area contributed by atoms with E-state index in [9.17, 15) is 4.79 Å². The van der Waals surface area contributed by atoms with Crippen LogP contribution in [0, 0.1) is 6.92 Å². The van der Waals surface area contributed by atoms with E-state index in [1.165, 1.54) is 43.9 Å². The summed E-state index contributed by atoms with van der Waals surface area (Å²) in [6.45, 7) is 10.1. The Morgan fingerprint density at radius 3 is 2.60 bits per heavy atom. The molecule has 0 aliphatic carbocycles. The molecule has 0 aromatic carbocycles. The van der Waals surface area contributed by atoms with E-state index in [0.717, 1.165) is 18.8 Å². The number of carbonyl (C=O) groups is 1. The van der Waals surface area contributed by atoms with E-state index in [4.69, 9.17) is 0 Å². The topological polar surface area (TPSA) is 49.3 Å². The lowest BCUT2D eigenvalue weighted by atomic mass is 10.1. The Balaban J connectivity index is 1.96. The number of piperidine rings is 1. The molecule has 1 aliphatic heterocycles. The van der Waals surface area contributed by atoms with Crippen molar-refractivity contribution in [2.24, 2.45) is 0 Å². The minimum Gasteiger partial charge on any atom is -0.334 e. The quantitative estimate of drug-likeness (QED) is 0.835. The van der Waals surface area contributed by atoms with Crippen LogP contribution in [0.1, 0.15) is 48.5 Å². The standard InChI is InChI=1S/C14H24N4OS/c1-11(2)18(10-9-17-7-5-4-6-8-17)14(19)13-12(3)15-16-20-13/h11H,4-10H2,1-3H3. The van der Waals surface area contributed by atoms with Gasteiger partial charge in [-0.05, 0) is 58.2 Å². The summed E-state index contributed by atoms with van der Waals surface area (Å²) in [7, 11) is 0. The molecule has 0 unspecified atom stereocenters. The van der Waals surface area contributed by atoms with Crippen LogP contribution in [0.15, 0.2) is 0 Å². The van der Waals surface area contributed by atoms with Crippen LogP contribution in [-0.2, 0) is 0 Å². The number of rotatable bonds is 5. The van der Waals surface area contributed by atoms with Crippen molar-refractivity contribution >= 4 is 17.4 Å². The lowest BCUT2D eigenvalue weighted by Gasteiger charge is -2.31. The minimum absolute atomic E-state index is 0.0736. The zero-order chi connectivity index (χ0) is 14.5. The molecule has 0 radical (unpaired) electrons. The smallest absolute Gasteiger partial charge is 0.267 e. The molecule has 0 bridgehead atoms. The first-order valence-corrected chi connectivity index (χ1v) is 8.19. The predicted octanol–water partition coefficient (Wildman–Crippen LogP) is 2.18. The average Bonchev–Trinajstić information content (AvgIpc) is 2.86. The normalized spacial score (nSPS) is 16.6. The van der Waals surface area contributed by atoms with Crippen LogP contribution in [0.25, 0.3) is 0 Å². The molecular formula is C14H24N4OS. The van der Waals surface area contributed by atoms with E-state index in [1.54, 1.807) is 0 Å². The summed E-state index contributed by atoms with van der Waals surface area (Å²) < 4.78 is 3.87. The summed E-state index contributed by atoms with van der Waals surface area (Å²) in [5.41, 5.74) is 0.739. The molecule has 1 amide bonds. The van der Waals surface area contributed by atoms with Crippen molar-refractivity contribution in [2.45, 2.75) is 46.1 Å². The highest BCUT2D eigenvalue weighted by Crippen LogP contribution is 2.15. The molecule has 0 saturated carbocycles. The highest BCUT2D eigenvalue weighted by Gasteiger charge is 2.23. The van der Waals surface area contributed by atoms with Crippen molar-refractivity contribution in [3.05, 3.63) is 10.6 Å². The molecule has 0 atom stereocenters. The van der Waals surface area contributed by atoms with Gasteiger partial charge in [0, 0.05) is 19.1 Å². The zero-order valence-electron chi connectivity index (χ0n) is 12.6. The van der Waals surface area contributed by atoms with Gasteiger partial charge >= 0.3 is 0 Å². The zero-order valence-corrected chi connectivity index (χ0v) is 13.4. The molecule has 1 aromatic heterocycles. The summed E-state index contributed by atoms with van der Waals surface area (Å²) >= 11 is 1.20. The van der Waals surface area contributed by atoms with Crippen molar-refractivity contribution in [2.75, 3.05) is 26.2 Å². The van der Waals surface area contributed by atoms with Crippen molar-refractivity contribution in [1.82, 2.24) is 19.4 Å². The average molecular weight is 296 g/mol. The second kappa shape index (κ2) is 7.13. The molecule has 0 spiro atoms. The molecule has 1 saturated heterocycles. The minimum atomic E-state index is 0.0736. The van der Waals surface area contributed by atoms with E-state index in [2.05, 4.69) is 28.3 Å². The van der Waals surface area contributed by atoms with Gasteiger partial charge in [0.25, 0.3) is 5.91 Å². The monoisotopic (exact) mass is 296 g/mol. The molecule has 1 aromatic rings. The number of hydrogen-bond donors (Lipinski definition) is 0. The number of carbonyl (C=O) groups excluding carboxylic acids is 1. The molecule has 2 rings (SSSR count). The lowest BCUT2D eigenvalue weighted by molar-refractivity contribution is 0.0678. The molecule has 112 valence electrons. The molecule has 5 nitrogen and oxygen atoms in total. The van der Waals surface area contributed by atoms with Crippen LogP contribution in [0.3, 0.4) is 0 Å². The summed E-state index contributed by atoms with van der Waals surface area (Å²) in [4.78, 5) is 17.7. The van der Waals surface area contributed by atoms with E-state index in [0.29, 0.717) is 4.88 Å². The number of aromatic nitrogens is 2. The lowest BCUT2D eigenvalue weighted by Crippen LogP contribution is -2.43. The Bertz CT molecular complexity index is 440. The molecule has 1 aliphatic rings. The Kier molecular flexibility index (Phi) is 5.48. The van der Waals surface area contributed by atoms with E-state index in [1.807, 2.05) is 11.8 Å². The first kappa shape index (κ1) is 15.4. The fraction of sp³-hybridized carbons (Fsp3) is 0.786. The highest BCUT2D eigenvalue weighted by atomic mass is 32.1. The summed E-state index contributed by atoms with van der Waals surface area (Å²) in [5.74, 6) is 0.0736. The van der Waals surface area contributed by atoms with Crippen LogP contribution in [0.5, 0.6) is 0 Å². The first-order valence-electron chi connectivity index (χ1n) is 7.42. The summed E-state index contributed by atoms with van der Waals surface area (Å²) in [5, 5.41) is 3.94. The maximum absolute atomic E-state index is 12.6. The highest BCUT2D eigenvalue weighted by molar-refractivity contribution is 7.07. The first-order chi connectivity index (χ1) is 9.59. The van der Waals surface area contributed by atoms with E-state index >= 15 is 0 Å². The van der Waals surface area contributed by atoms with Crippen molar-refractivity contribution in [1.29, 1.82) is 0 Å². The number of nitrogens with zero attached hydrogens (tertiary/aromatic N) is 4. The van der Waals surface area contributed by atoms with Gasteiger partial charge in [-0.1, -0.05) is 10.9 Å². The van der Waals surface area contributed by atoms with Crippen LogP contribution < -0.4 is 0 Å². The van der Waals surface area contributed by atoms with Gasteiger partial charge in [0.05, 0.1) is 5.69 Å². The summed E-state index contributed by atoms with van der Waals surface area (Å²) in [6, 6.07) is 0.203. The van der Waals surface area contributed by atoms with Gasteiger partial charge < -0.3 is 9.80 Å². The van der Waals surface area contributed by atoms with Gasteiger partial charge in [0.15, 0.2) is 0 Å². The maximum Gasteiger partial charge on any atom is 0.267 e. The SMILES string of the molecule is Cc1nnsc1C(=O)N(CCN1CCCCC1)C(C)C. The third-order valence-corrected chi connectivity index (χ3v) is 4.65. The van der Waals surface area contributed by atoms with Crippen molar-refractivity contribution < 1.29 is 4.79 Å². The molecule has 20 heavy (non-hydrogen) atoms. The van der Waals surface area contributed by atoms with Crippen molar-refractivity contribution in [3.8, 4) is 0 Å². The number of amides is 1. The number of hydrogen-bond acceptors (Lipinski definition) is 5. The van der Waals surface area contributed by atoms with Crippen LogP contribution in [-0.4, -0.2) is 57.5 Å². The van der Waals surface area contributed by atoms with Gasteiger partial charge in [-0.3, -0.25) is 4.79 Å². The fourth-order valence-corrected chi connectivity index (χ4v) is 3.20. The van der Waals surface area contributed by atoms with Gasteiger partial charge in [-0.25, -0.2) is 0 Å². The Morgan fingerprint density at radius 2 is 2.05 bits per heavy atom. The third kappa shape index (κ3) is 3.76. The maximum atomic E-state index is 12.6. The molecule has 2 heterocycles. The van der Waals surface area contributed by atoms with Crippen LogP contribution in [0.4, 0.5) is 0 Å². The van der Waals surface area contributed by atoms with E-state index < -0.39 is 0 Å². The Morgan fingerprint density at radius 1 is 1.35 bits per heavy atom.